The van der Waals surface area contributed by atoms with Crippen LogP contribution in [0.4, 0.5) is 0 Å². The Balaban J connectivity index is 1.48. The van der Waals surface area contributed by atoms with Crippen LogP contribution in [0.1, 0.15) is 85.0 Å². The maximum atomic E-state index is 11.7. The molecule has 5 nitrogen and oxygen atoms in total. The number of rotatable bonds is 7. The molecule has 4 rings (SSSR count). The summed E-state index contributed by atoms with van der Waals surface area (Å²) in [6.07, 6.45) is 10.8. The number of methoxy groups -OCH3 is 1. The van der Waals surface area contributed by atoms with Gasteiger partial charge < -0.3 is 20.3 Å². The summed E-state index contributed by atoms with van der Waals surface area (Å²) >= 11 is 0. The van der Waals surface area contributed by atoms with Gasteiger partial charge in [0.15, 0.2) is 0 Å². The van der Waals surface area contributed by atoms with Gasteiger partial charge in [0.2, 0.25) is 0 Å². The van der Waals surface area contributed by atoms with E-state index in [0.717, 1.165) is 24.7 Å². The Bertz CT molecular complexity index is 670. The highest BCUT2D eigenvalue weighted by atomic mass is 16.5. The lowest BCUT2D eigenvalue weighted by Gasteiger charge is -2.62. The predicted octanol–water partition coefficient (Wildman–Crippen LogP) is 4.16. The molecule has 4 aliphatic rings. The molecule has 4 unspecified atom stereocenters. The van der Waals surface area contributed by atoms with E-state index in [0.29, 0.717) is 48.1 Å². The normalized spacial score (nSPS) is 46.6. The van der Waals surface area contributed by atoms with Gasteiger partial charge in [-0.25, -0.2) is 0 Å². The number of fused-ring (bicyclic) bond motifs is 5. The smallest absolute Gasteiger partial charge is 0.305 e. The number of carbonyl (C=O) groups excluding carboxylic acids is 1. The van der Waals surface area contributed by atoms with Crippen LogP contribution in [-0.4, -0.2) is 48.6 Å². The first-order chi connectivity index (χ1) is 15.3. The zero-order valence-corrected chi connectivity index (χ0v) is 20.8. The quantitative estimate of drug-likeness (QED) is 0.509. The monoisotopic (exact) mass is 449 g/mol. The molecule has 4 fully saturated rings. The average molecular weight is 450 g/mol. The molecule has 0 aromatic rings. The molecule has 0 saturated heterocycles. The van der Waals surface area contributed by atoms with E-state index in [9.17, 15) is 15.0 Å². The second kappa shape index (κ2) is 9.54. The molecule has 4 saturated carbocycles. The van der Waals surface area contributed by atoms with Gasteiger partial charge in [0.25, 0.3) is 0 Å². The summed E-state index contributed by atoms with van der Waals surface area (Å²) in [4.78, 5) is 11.7. The molecule has 0 amide bonds. The topological polar surface area (TPSA) is 78.8 Å². The Kier molecular flexibility index (Phi) is 7.30. The van der Waals surface area contributed by atoms with Crippen LogP contribution in [-0.2, 0) is 9.53 Å². The Morgan fingerprint density at radius 1 is 1.12 bits per heavy atom. The highest BCUT2D eigenvalue weighted by Gasteiger charge is 2.63. The van der Waals surface area contributed by atoms with Gasteiger partial charge in [-0.3, -0.25) is 4.79 Å². The van der Waals surface area contributed by atoms with Crippen LogP contribution in [0.5, 0.6) is 0 Å². The number of esters is 1. The van der Waals surface area contributed by atoms with Gasteiger partial charge in [-0.2, -0.15) is 0 Å². The van der Waals surface area contributed by atoms with Crippen molar-refractivity contribution in [1.29, 1.82) is 0 Å². The van der Waals surface area contributed by atoms with Gasteiger partial charge >= 0.3 is 5.97 Å². The number of ether oxygens (including phenoxy) is 1. The molecule has 0 radical (unpaired) electrons. The number of nitrogens with one attached hydrogen (secondary N) is 1. The molecule has 32 heavy (non-hydrogen) atoms. The SMILES string of the molecule is COC(=O)CC[C@@H](C)[C@H]1CCC2C3CC[C@@H]4CC(NCCO)CC[C@]4(C)C3C[C@H](O)[C@@]21C. The van der Waals surface area contributed by atoms with E-state index in [4.69, 9.17) is 4.74 Å². The first kappa shape index (κ1) is 24.5. The van der Waals surface area contributed by atoms with Crippen molar-refractivity contribution in [2.45, 2.75) is 97.1 Å². The van der Waals surface area contributed by atoms with Gasteiger partial charge in [-0.05, 0) is 104 Å². The minimum atomic E-state index is -0.234. The van der Waals surface area contributed by atoms with E-state index in [1.807, 2.05) is 0 Å². The molecule has 4 aliphatic carbocycles. The van der Waals surface area contributed by atoms with Crippen molar-refractivity contribution in [2.75, 3.05) is 20.3 Å². The Morgan fingerprint density at radius 3 is 2.62 bits per heavy atom. The first-order valence-corrected chi connectivity index (χ1v) is 13.3. The van der Waals surface area contributed by atoms with E-state index in [2.05, 4.69) is 26.1 Å². The minimum Gasteiger partial charge on any atom is -0.469 e. The molecule has 5 heteroatoms. The molecule has 0 bridgehead atoms. The summed E-state index contributed by atoms with van der Waals surface area (Å²) in [5.74, 6) is 3.55. The lowest BCUT2D eigenvalue weighted by molar-refractivity contribution is -0.170. The molecule has 0 spiro atoms. The lowest BCUT2D eigenvalue weighted by atomic mass is 9.43. The number of aliphatic hydroxyl groups is 2. The van der Waals surface area contributed by atoms with Gasteiger partial charge in [0.05, 0.1) is 19.8 Å². The number of hydrogen-bond acceptors (Lipinski definition) is 5. The van der Waals surface area contributed by atoms with E-state index in [1.165, 1.54) is 52.1 Å². The summed E-state index contributed by atoms with van der Waals surface area (Å²) in [7, 11) is 1.47. The summed E-state index contributed by atoms with van der Waals surface area (Å²) < 4.78 is 4.87. The Morgan fingerprint density at radius 2 is 1.91 bits per heavy atom. The Labute approximate surface area is 195 Å². The van der Waals surface area contributed by atoms with Crippen molar-refractivity contribution in [3.63, 3.8) is 0 Å². The molecule has 10 atom stereocenters. The van der Waals surface area contributed by atoms with E-state index in [-0.39, 0.29) is 24.1 Å². The van der Waals surface area contributed by atoms with Crippen molar-refractivity contribution >= 4 is 5.97 Å². The zero-order chi connectivity index (χ0) is 23.1. The van der Waals surface area contributed by atoms with Gasteiger partial charge in [-0.1, -0.05) is 20.8 Å². The third-order valence-electron chi connectivity index (χ3n) is 11.1. The number of carbonyl (C=O) groups is 1. The second-order valence-corrected chi connectivity index (χ2v) is 12.2. The standard InChI is InChI=1S/C27H47NO4/c1-17(5-10-25(31)32-4)21-8-9-22-20-7-6-18-15-19(28-13-14-29)11-12-26(18,2)23(20)16-24(30)27(21,22)3/h17-24,28-30H,5-16H2,1-4H3/t17-,18-,19?,20?,21-,22?,23?,24+,26+,27-/m1/s1. The zero-order valence-electron chi connectivity index (χ0n) is 20.8. The van der Waals surface area contributed by atoms with E-state index in [1.54, 1.807) is 0 Å². The molecule has 0 aromatic carbocycles. The van der Waals surface area contributed by atoms with Crippen molar-refractivity contribution < 1.29 is 19.7 Å². The highest BCUT2D eigenvalue weighted by molar-refractivity contribution is 5.69. The molecular weight excluding hydrogens is 402 g/mol. The molecule has 0 aliphatic heterocycles. The van der Waals surface area contributed by atoms with Crippen molar-refractivity contribution in [1.82, 2.24) is 5.32 Å². The summed E-state index contributed by atoms with van der Waals surface area (Å²) in [5.41, 5.74) is 0.330. The van der Waals surface area contributed by atoms with Crippen LogP contribution in [0.25, 0.3) is 0 Å². The molecule has 3 N–H and O–H groups in total. The van der Waals surface area contributed by atoms with Gasteiger partial charge in [0.1, 0.15) is 0 Å². The van der Waals surface area contributed by atoms with Crippen molar-refractivity contribution in [2.24, 2.45) is 46.3 Å². The fourth-order valence-corrected chi connectivity index (χ4v) is 9.29. The molecule has 0 aromatic heterocycles. The van der Waals surface area contributed by atoms with E-state index < -0.39 is 0 Å². The van der Waals surface area contributed by atoms with Crippen LogP contribution >= 0.6 is 0 Å². The van der Waals surface area contributed by atoms with Crippen molar-refractivity contribution in [3.8, 4) is 0 Å². The van der Waals surface area contributed by atoms with Crippen LogP contribution in [0.15, 0.2) is 0 Å². The summed E-state index contributed by atoms with van der Waals surface area (Å²) in [6.45, 7) is 8.13. The molecule has 0 heterocycles. The number of aliphatic hydroxyl groups excluding tert-OH is 2. The second-order valence-electron chi connectivity index (χ2n) is 12.2. The van der Waals surface area contributed by atoms with Crippen LogP contribution in [0, 0.1) is 46.3 Å². The number of hydrogen-bond donors (Lipinski definition) is 3. The summed E-state index contributed by atoms with van der Waals surface area (Å²) in [6, 6.07) is 0.544. The van der Waals surface area contributed by atoms with Gasteiger partial charge in [-0.15, -0.1) is 0 Å². The van der Waals surface area contributed by atoms with Gasteiger partial charge in [0, 0.05) is 19.0 Å². The van der Waals surface area contributed by atoms with Crippen molar-refractivity contribution in [3.05, 3.63) is 0 Å². The molecular formula is C27H47NO4. The highest BCUT2D eigenvalue weighted by Crippen LogP contribution is 2.68. The summed E-state index contributed by atoms with van der Waals surface area (Å²) in [5, 5.41) is 24.4. The minimum absolute atomic E-state index is 0.0141. The largest absolute Gasteiger partial charge is 0.469 e. The molecule has 184 valence electrons. The van der Waals surface area contributed by atoms with E-state index >= 15 is 0 Å². The maximum Gasteiger partial charge on any atom is 0.305 e. The average Bonchev–Trinajstić information content (AvgIpc) is 3.15. The maximum absolute atomic E-state index is 11.7. The fourth-order valence-electron chi connectivity index (χ4n) is 9.29. The Hall–Kier alpha value is -0.650. The van der Waals surface area contributed by atoms with Crippen LogP contribution in [0.3, 0.4) is 0 Å². The third-order valence-corrected chi connectivity index (χ3v) is 11.1. The fraction of sp³-hybridized carbons (Fsp3) is 0.963. The first-order valence-electron chi connectivity index (χ1n) is 13.3. The van der Waals surface area contributed by atoms with Crippen LogP contribution < -0.4 is 5.32 Å². The van der Waals surface area contributed by atoms with Crippen LogP contribution in [0.2, 0.25) is 0 Å². The predicted molar refractivity (Wildman–Crippen MR) is 126 cm³/mol. The lowest BCUT2D eigenvalue weighted by Crippen LogP contribution is -2.59. The third kappa shape index (κ3) is 4.05.